The van der Waals surface area contributed by atoms with Crippen LogP contribution in [-0.2, 0) is 16.6 Å². The number of hydrogen-bond acceptors (Lipinski definition) is 5. The third-order valence-electron chi connectivity index (χ3n) is 2.78. The van der Waals surface area contributed by atoms with Gasteiger partial charge in [-0.25, -0.2) is 22.5 Å². The number of hydrogen-bond donors (Lipinski definition) is 3. The Balaban J connectivity index is 2.34. The molecule has 0 spiro atoms. The van der Waals surface area contributed by atoms with Gasteiger partial charge in [-0.1, -0.05) is 11.6 Å². The predicted octanol–water partition coefficient (Wildman–Crippen LogP) is 1.10. The molecule has 0 saturated carbocycles. The summed E-state index contributed by atoms with van der Waals surface area (Å²) in [5.41, 5.74) is 5.63. The zero-order valence-electron chi connectivity index (χ0n) is 11.0. The Kier molecular flexibility index (Phi) is 4.57. The van der Waals surface area contributed by atoms with E-state index in [1.165, 1.54) is 12.4 Å². The summed E-state index contributed by atoms with van der Waals surface area (Å²) in [4.78, 5) is 3.60. The number of sulfonamides is 1. The first-order chi connectivity index (χ1) is 9.85. The second-order valence-corrected chi connectivity index (χ2v) is 6.39. The van der Waals surface area contributed by atoms with Crippen LogP contribution < -0.4 is 10.5 Å². The molecule has 4 N–H and O–H groups in total. The minimum Gasteiger partial charge on any atom is -0.326 e. The minimum absolute atomic E-state index is 0.0726. The van der Waals surface area contributed by atoms with E-state index in [0.717, 1.165) is 6.07 Å². The Morgan fingerprint density at radius 1 is 1.52 bits per heavy atom. The third-order valence-corrected chi connectivity index (χ3v) is 4.73. The van der Waals surface area contributed by atoms with Gasteiger partial charge >= 0.3 is 0 Å². The van der Waals surface area contributed by atoms with Crippen LogP contribution in [0.2, 0.25) is 5.02 Å². The van der Waals surface area contributed by atoms with Crippen molar-refractivity contribution in [1.82, 2.24) is 19.9 Å². The van der Waals surface area contributed by atoms with Crippen LogP contribution in [0.15, 0.2) is 23.4 Å². The molecular formula is C11H13ClFN5O2S. The number of rotatable bonds is 5. The number of aromatic nitrogens is 3. The predicted molar refractivity (Wildman–Crippen MR) is 74.4 cm³/mol. The fraction of sp³-hybridized carbons (Fsp3) is 0.273. The molecule has 0 bridgehead atoms. The lowest BCUT2D eigenvalue weighted by Gasteiger charge is -2.13. The van der Waals surface area contributed by atoms with Crippen molar-refractivity contribution in [3.8, 4) is 0 Å². The average molecular weight is 334 g/mol. The van der Waals surface area contributed by atoms with Crippen LogP contribution in [0, 0.1) is 5.82 Å². The first-order valence-corrected chi connectivity index (χ1v) is 7.77. The van der Waals surface area contributed by atoms with Crippen LogP contribution in [0.1, 0.15) is 24.4 Å². The van der Waals surface area contributed by atoms with Crippen LogP contribution in [0.4, 0.5) is 4.39 Å². The van der Waals surface area contributed by atoms with Crippen LogP contribution in [0.5, 0.6) is 0 Å². The summed E-state index contributed by atoms with van der Waals surface area (Å²) in [5, 5.41) is 6.00. The Morgan fingerprint density at radius 2 is 2.24 bits per heavy atom. The van der Waals surface area contributed by atoms with Gasteiger partial charge < -0.3 is 5.73 Å². The highest BCUT2D eigenvalue weighted by atomic mass is 35.5. The van der Waals surface area contributed by atoms with Crippen molar-refractivity contribution >= 4 is 21.6 Å². The molecule has 114 valence electrons. The summed E-state index contributed by atoms with van der Waals surface area (Å²) in [6.07, 6.45) is 1.26. The van der Waals surface area contributed by atoms with Crippen LogP contribution >= 0.6 is 11.6 Å². The van der Waals surface area contributed by atoms with Gasteiger partial charge in [-0.3, -0.25) is 5.10 Å². The Labute approximate surface area is 125 Å². The normalized spacial score (nSPS) is 13.3. The SMILES string of the molecule is CC(NS(=O)(=O)c1cc(F)c(Cl)c(CN)c1)c1ncn[nH]1. The van der Waals surface area contributed by atoms with Crippen molar-refractivity contribution in [2.24, 2.45) is 5.73 Å². The lowest BCUT2D eigenvalue weighted by molar-refractivity contribution is 0.557. The molecule has 2 rings (SSSR count). The highest BCUT2D eigenvalue weighted by molar-refractivity contribution is 7.89. The van der Waals surface area contributed by atoms with E-state index < -0.39 is 21.9 Å². The molecule has 1 atom stereocenters. The highest BCUT2D eigenvalue weighted by Crippen LogP contribution is 2.24. The smallest absolute Gasteiger partial charge is 0.241 e. The van der Waals surface area contributed by atoms with E-state index in [1.54, 1.807) is 6.92 Å². The Hall–Kier alpha value is -1.55. The summed E-state index contributed by atoms with van der Waals surface area (Å²) in [7, 11) is -3.95. The van der Waals surface area contributed by atoms with Crippen LogP contribution in [0.3, 0.4) is 0 Å². The summed E-state index contributed by atoms with van der Waals surface area (Å²) in [6, 6.07) is 1.43. The topological polar surface area (TPSA) is 114 Å². The number of halogens is 2. The van der Waals surface area contributed by atoms with E-state index in [9.17, 15) is 12.8 Å². The number of aromatic amines is 1. The molecule has 1 aromatic carbocycles. The summed E-state index contributed by atoms with van der Waals surface area (Å²) >= 11 is 5.71. The number of benzene rings is 1. The van der Waals surface area contributed by atoms with Crippen molar-refractivity contribution in [3.63, 3.8) is 0 Å². The van der Waals surface area contributed by atoms with E-state index in [0.29, 0.717) is 5.82 Å². The fourth-order valence-electron chi connectivity index (χ4n) is 1.70. The lowest BCUT2D eigenvalue weighted by atomic mass is 10.2. The number of nitrogens with zero attached hydrogens (tertiary/aromatic N) is 2. The summed E-state index contributed by atoms with van der Waals surface area (Å²) in [6.45, 7) is 1.50. The molecule has 0 radical (unpaired) electrons. The van der Waals surface area contributed by atoms with Gasteiger partial charge in [-0.15, -0.1) is 0 Å². The van der Waals surface area contributed by atoms with Gasteiger partial charge in [0.2, 0.25) is 10.0 Å². The standard InChI is InChI=1S/C11H13ClFN5O2S/c1-6(11-15-5-16-17-11)18-21(19,20)8-2-7(4-14)10(12)9(13)3-8/h2-3,5-6,18H,4,14H2,1H3,(H,15,16,17). The van der Waals surface area contributed by atoms with Crippen molar-refractivity contribution in [2.45, 2.75) is 24.4 Å². The third kappa shape index (κ3) is 3.38. The average Bonchev–Trinajstić information content (AvgIpc) is 2.95. The molecule has 1 unspecified atom stereocenters. The Morgan fingerprint density at radius 3 is 2.81 bits per heavy atom. The number of nitrogens with two attached hydrogens (primary N) is 1. The molecule has 1 aromatic heterocycles. The zero-order valence-corrected chi connectivity index (χ0v) is 12.5. The molecule has 0 amide bonds. The maximum Gasteiger partial charge on any atom is 0.241 e. The summed E-state index contributed by atoms with van der Waals surface area (Å²) in [5.74, 6) is -0.501. The zero-order chi connectivity index (χ0) is 15.6. The first-order valence-electron chi connectivity index (χ1n) is 5.90. The molecule has 7 nitrogen and oxygen atoms in total. The van der Waals surface area contributed by atoms with Crippen LogP contribution in [-0.4, -0.2) is 23.6 Å². The molecule has 0 aliphatic heterocycles. The van der Waals surface area contributed by atoms with Crippen molar-refractivity contribution in [1.29, 1.82) is 0 Å². The quantitative estimate of drug-likeness (QED) is 0.758. The van der Waals surface area contributed by atoms with Gasteiger partial charge in [0.15, 0.2) is 0 Å². The van der Waals surface area contributed by atoms with E-state index in [-0.39, 0.29) is 22.0 Å². The summed E-state index contributed by atoms with van der Waals surface area (Å²) < 4.78 is 40.5. The molecule has 2 aromatic rings. The van der Waals surface area contributed by atoms with Crippen molar-refractivity contribution in [2.75, 3.05) is 0 Å². The van der Waals surface area contributed by atoms with Crippen LogP contribution in [0.25, 0.3) is 0 Å². The largest absolute Gasteiger partial charge is 0.326 e. The van der Waals surface area contributed by atoms with Crippen molar-refractivity contribution in [3.05, 3.63) is 40.7 Å². The molecular weight excluding hydrogens is 321 g/mol. The van der Waals surface area contributed by atoms with Gasteiger partial charge in [-0.05, 0) is 24.6 Å². The van der Waals surface area contributed by atoms with E-state index in [2.05, 4.69) is 19.9 Å². The van der Waals surface area contributed by atoms with Crippen molar-refractivity contribution < 1.29 is 12.8 Å². The molecule has 21 heavy (non-hydrogen) atoms. The molecule has 0 fully saturated rings. The van der Waals surface area contributed by atoms with E-state index in [4.69, 9.17) is 17.3 Å². The second kappa shape index (κ2) is 6.06. The van der Waals surface area contributed by atoms with Gasteiger partial charge in [0.05, 0.1) is 16.0 Å². The number of H-pyrrole nitrogens is 1. The van der Waals surface area contributed by atoms with Gasteiger partial charge in [0, 0.05) is 6.54 Å². The van der Waals surface area contributed by atoms with E-state index in [1.807, 2.05) is 0 Å². The molecule has 0 aliphatic carbocycles. The molecule has 1 heterocycles. The van der Waals surface area contributed by atoms with Gasteiger partial charge in [-0.2, -0.15) is 5.10 Å². The van der Waals surface area contributed by atoms with Gasteiger partial charge in [0.1, 0.15) is 18.0 Å². The minimum atomic E-state index is -3.95. The van der Waals surface area contributed by atoms with E-state index >= 15 is 0 Å². The second-order valence-electron chi connectivity index (χ2n) is 4.30. The molecule has 10 heteroatoms. The highest BCUT2D eigenvalue weighted by Gasteiger charge is 2.22. The monoisotopic (exact) mass is 333 g/mol. The maximum atomic E-state index is 13.7. The molecule has 0 aliphatic rings. The maximum absolute atomic E-state index is 13.7. The fourth-order valence-corrected chi connectivity index (χ4v) is 3.16. The lowest BCUT2D eigenvalue weighted by Crippen LogP contribution is -2.28. The first kappa shape index (κ1) is 15.8. The molecule has 0 saturated heterocycles. The number of nitrogens with one attached hydrogen (secondary N) is 2. The van der Waals surface area contributed by atoms with Gasteiger partial charge in [0.25, 0.3) is 0 Å². The Bertz CT molecular complexity index is 735.